The highest BCUT2D eigenvalue weighted by atomic mass is 127. The second-order valence-corrected chi connectivity index (χ2v) is 4.79. The van der Waals surface area contributed by atoms with Crippen LogP contribution in [-0.2, 0) is 6.54 Å². The van der Waals surface area contributed by atoms with Crippen LogP contribution in [0.5, 0.6) is 0 Å². The lowest BCUT2D eigenvalue weighted by Gasteiger charge is -2.07. The van der Waals surface area contributed by atoms with Gasteiger partial charge >= 0.3 is 0 Å². The van der Waals surface area contributed by atoms with Gasteiger partial charge in [-0.05, 0) is 29.5 Å². The van der Waals surface area contributed by atoms with Gasteiger partial charge in [0.25, 0.3) is 5.56 Å². The van der Waals surface area contributed by atoms with E-state index in [1.165, 1.54) is 17.1 Å². The molecule has 0 aliphatic rings. The Morgan fingerprint density at radius 3 is 3.00 bits per heavy atom. The van der Waals surface area contributed by atoms with Crippen molar-refractivity contribution in [2.75, 3.05) is 5.43 Å². The summed E-state index contributed by atoms with van der Waals surface area (Å²) < 4.78 is 2.01. The SMILES string of the molecule is Cc1cc(NN)nc(Cn2cncc(I)c2=O)n1. The molecule has 18 heavy (non-hydrogen) atoms. The second-order valence-electron chi connectivity index (χ2n) is 3.63. The molecule has 0 radical (unpaired) electrons. The topological polar surface area (TPSA) is 98.7 Å². The fourth-order valence-electron chi connectivity index (χ4n) is 1.46. The summed E-state index contributed by atoms with van der Waals surface area (Å²) in [5, 5.41) is 0. The van der Waals surface area contributed by atoms with E-state index in [9.17, 15) is 4.79 Å². The van der Waals surface area contributed by atoms with Gasteiger partial charge in [0.1, 0.15) is 5.82 Å². The molecule has 0 saturated heterocycles. The van der Waals surface area contributed by atoms with Crippen LogP contribution in [0.4, 0.5) is 5.82 Å². The Morgan fingerprint density at radius 1 is 1.50 bits per heavy atom. The van der Waals surface area contributed by atoms with Crippen molar-refractivity contribution in [2.45, 2.75) is 13.5 Å². The van der Waals surface area contributed by atoms with Gasteiger partial charge in [-0.3, -0.25) is 9.36 Å². The van der Waals surface area contributed by atoms with E-state index in [0.29, 0.717) is 15.2 Å². The molecule has 0 bridgehead atoms. The van der Waals surface area contributed by atoms with Gasteiger partial charge in [0, 0.05) is 18.0 Å². The first kappa shape index (κ1) is 12.9. The number of nitrogen functional groups attached to an aromatic ring is 1. The van der Waals surface area contributed by atoms with Gasteiger partial charge in [-0.2, -0.15) is 0 Å². The molecule has 3 N–H and O–H groups in total. The van der Waals surface area contributed by atoms with Crippen molar-refractivity contribution >= 4 is 28.4 Å². The molecule has 94 valence electrons. The van der Waals surface area contributed by atoms with Gasteiger partial charge in [-0.25, -0.2) is 20.8 Å². The maximum absolute atomic E-state index is 11.8. The predicted molar refractivity (Wildman–Crippen MR) is 74.9 cm³/mol. The molecule has 0 saturated carbocycles. The number of halogens is 1. The van der Waals surface area contributed by atoms with E-state index in [1.54, 1.807) is 6.07 Å². The quantitative estimate of drug-likeness (QED) is 0.465. The molecule has 0 fully saturated rings. The first-order valence-electron chi connectivity index (χ1n) is 5.11. The molecule has 8 heteroatoms. The van der Waals surface area contributed by atoms with E-state index < -0.39 is 0 Å². The van der Waals surface area contributed by atoms with Crippen LogP contribution in [0.15, 0.2) is 23.4 Å². The number of hydrazine groups is 1. The lowest BCUT2D eigenvalue weighted by atomic mass is 10.4. The Kier molecular flexibility index (Phi) is 3.87. The number of aryl methyl sites for hydroxylation is 1. The minimum atomic E-state index is -0.113. The molecule has 0 spiro atoms. The average molecular weight is 358 g/mol. The second kappa shape index (κ2) is 5.40. The fraction of sp³-hybridized carbons (Fsp3) is 0.200. The van der Waals surface area contributed by atoms with Gasteiger partial charge in [0.15, 0.2) is 5.82 Å². The minimum Gasteiger partial charge on any atom is -0.308 e. The summed E-state index contributed by atoms with van der Waals surface area (Å²) >= 11 is 1.94. The number of nitrogens with one attached hydrogen (secondary N) is 1. The predicted octanol–water partition coefficient (Wildman–Crippen LogP) is 0.280. The molecule has 0 aliphatic carbocycles. The Morgan fingerprint density at radius 2 is 2.28 bits per heavy atom. The van der Waals surface area contributed by atoms with Crippen LogP contribution < -0.4 is 16.8 Å². The van der Waals surface area contributed by atoms with Crippen LogP contribution in [0.3, 0.4) is 0 Å². The fourth-order valence-corrected chi connectivity index (χ4v) is 1.93. The average Bonchev–Trinajstić information content (AvgIpc) is 2.34. The van der Waals surface area contributed by atoms with Crippen LogP contribution in [0.25, 0.3) is 0 Å². The molecule has 2 rings (SSSR count). The van der Waals surface area contributed by atoms with Crippen LogP contribution >= 0.6 is 22.6 Å². The van der Waals surface area contributed by atoms with E-state index in [0.717, 1.165) is 5.69 Å². The summed E-state index contributed by atoms with van der Waals surface area (Å²) in [6.07, 6.45) is 2.98. The third-order valence-electron chi connectivity index (χ3n) is 2.22. The summed E-state index contributed by atoms with van der Waals surface area (Å²) in [6, 6.07) is 1.72. The maximum Gasteiger partial charge on any atom is 0.267 e. The maximum atomic E-state index is 11.8. The summed E-state index contributed by atoms with van der Waals surface area (Å²) in [4.78, 5) is 24.2. The first-order valence-corrected chi connectivity index (χ1v) is 6.19. The van der Waals surface area contributed by atoms with E-state index in [1.807, 2.05) is 29.5 Å². The molecule has 2 aromatic rings. The van der Waals surface area contributed by atoms with Crippen LogP contribution in [0, 0.1) is 10.5 Å². The first-order chi connectivity index (χ1) is 8.60. The Hall–Kier alpha value is -1.55. The molecule has 7 nitrogen and oxygen atoms in total. The molecule has 0 amide bonds. The van der Waals surface area contributed by atoms with E-state index in [-0.39, 0.29) is 12.1 Å². The number of nitrogens with two attached hydrogens (primary N) is 1. The number of aromatic nitrogens is 4. The van der Waals surface area contributed by atoms with E-state index >= 15 is 0 Å². The van der Waals surface area contributed by atoms with Crippen molar-refractivity contribution in [3.8, 4) is 0 Å². The standard InChI is InChI=1S/C10H11IN6O/c1-6-2-8(16-12)15-9(14-6)4-17-5-13-3-7(11)10(17)18/h2-3,5H,4,12H2,1H3,(H,14,15,16). The third-order valence-corrected chi connectivity index (χ3v) is 2.96. The molecule has 2 aromatic heterocycles. The summed E-state index contributed by atoms with van der Waals surface area (Å²) in [6.45, 7) is 2.10. The van der Waals surface area contributed by atoms with Crippen molar-refractivity contribution in [2.24, 2.45) is 5.84 Å². The van der Waals surface area contributed by atoms with Gasteiger partial charge < -0.3 is 5.43 Å². The molecule has 0 atom stereocenters. The van der Waals surface area contributed by atoms with Crippen LogP contribution in [0.2, 0.25) is 0 Å². The largest absolute Gasteiger partial charge is 0.308 e. The summed E-state index contributed by atoms with van der Waals surface area (Å²) in [7, 11) is 0. The zero-order valence-electron chi connectivity index (χ0n) is 9.59. The number of hydrogen-bond donors (Lipinski definition) is 2. The lowest BCUT2D eigenvalue weighted by molar-refractivity contribution is 0.690. The smallest absolute Gasteiger partial charge is 0.267 e. The molecule has 0 unspecified atom stereocenters. The Balaban J connectivity index is 2.37. The minimum absolute atomic E-state index is 0.113. The van der Waals surface area contributed by atoms with Gasteiger partial charge in [-0.15, -0.1) is 0 Å². The Labute approximate surface area is 117 Å². The lowest BCUT2D eigenvalue weighted by Crippen LogP contribution is -2.24. The third kappa shape index (κ3) is 2.82. The van der Waals surface area contributed by atoms with Gasteiger partial charge in [-0.1, -0.05) is 0 Å². The van der Waals surface area contributed by atoms with Gasteiger partial charge in [0.05, 0.1) is 16.4 Å². The number of rotatable bonds is 3. The van der Waals surface area contributed by atoms with Crippen molar-refractivity contribution in [1.82, 2.24) is 19.5 Å². The van der Waals surface area contributed by atoms with Crippen LogP contribution in [0.1, 0.15) is 11.5 Å². The van der Waals surface area contributed by atoms with E-state index in [2.05, 4.69) is 20.4 Å². The molecule has 2 heterocycles. The molecular formula is C10H11IN6O. The highest BCUT2D eigenvalue weighted by Crippen LogP contribution is 2.05. The Bertz CT molecular complexity index is 626. The molecular weight excluding hydrogens is 347 g/mol. The van der Waals surface area contributed by atoms with E-state index in [4.69, 9.17) is 5.84 Å². The van der Waals surface area contributed by atoms with Gasteiger partial charge in [0.2, 0.25) is 0 Å². The summed E-state index contributed by atoms with van der Waals surface area (Å²) in [5.74, 6) is 6.34. The van der Waals surface area contributed by atoms with Crippen molar-refractivity contribution in [1.29, 1.82) is 0 Å². The zero-order chi connectivity index (χ0) is 13.1. The number of anilines is 1. The van der Waals surface area contributed by atoms with Crippen molar-refractivity contribution < 1.29 is 0 Å². The summed E-state index contributed by atoms with van der Waals surface area (Å²) in [5.41, 5.74) is 3.13. The van der Waals surface area contributed by atoms with Crippen molar-refractivity contribution in [3.05, 3.63) is 44.0 Å². The monoisotopic (exact) mass is 358 g/mol. The normalized spacial score (nSPS) is 10.4. The zero-order valence-corrected chi connectivity index (χ0v) is 11.7. The highest BCUT2D eigenvalue weighted by Gasteiger charge is 2.05. The number of nitrogens with zero attached hydrogens (tertiary/aromatic N) is 4. The van der Waals surface area contributed by atoms with Crippen molar-refractivity contribution in [3.63, 3.8) is 0 Å². The number of hydrogen-bond acceptors (Lipinski definition) is 6. The molecule has 0 aromatic carbocycles. The van der Waals surface area contributed by atoms with Crippen LogP contribution in [-0.4, -0.2) is 19.5 Å². The molecule has 0 aliphatic heterocycles. The highest BCUT2D eigenvalue weighted by molar-refractivity contribution is 14.1.